The van der Waals surface area contributed by atoms with E-state index in [0.29, 0.717) is 12.6 Å². The minimum atomic E-state index is 0.187. The van der Waals surface area contributed by atoms with E-state index in [1.807, 2.05) is 11.3 Å². The van der Waals surface area contributed by atoms with Crippen molar-refractivity contribution in [2.24, 2.45) is 11.7 Å². The van der Waals surface area contributed by atoms with E-state index in [0.717, 1.165) is 25.7 Å². The van der Waals surface area contributed by atoms with Gasteiger partial charge in [-0.1, -0.05) is 0 Å². The Bertz CT molecular complexity index is 439. The van der Waals surface area contributed by atoms with E-state index in [-0.39, 0.29) is 11.8 Å². The lowest BCUT2D eigenvalue weighted by atomic mass is 9.86. The second-order valence-corrected chi connectivity index (χ2v) is 7.07. The lowest BCUT2D eigenvalue weighted by Crippen LogP contribution is -2.35. The van der Waals surface area contributed by atoms with Crippen LogP contribution in [0.5, 0.6) is 0 Å². The number of nitrogens with two attached hydrogens (primary N) is 1. The Morgan fingerprint density at radius 1 is 1.32 bits per heavy atom. The number of carbonyl (C=O) groups is 1. The molecule has 2 aliphatic rings. The highest BCUT2D eigenvalue weighted by molar-refractivity contribution is 7.12. The SMILES string of the molecule is NC1CCC(C(=O)NCc2cc3c(s2)CCC3)CC1. The standard InChI is InChI=1S/C15H22N2OS/c16-12-6-4-10(5-7-12)15(18)17-9-13-8-11-2-1-3-14(11)19-13/h8,10,12H,1-7,9,16H2,(H,17,18). The van der Waals surface area contributed by atoms with Crippen LogP contribution >= 0.6 is 11.3 Å². The molecule has 0 atom stereocenters. The van der Waals surface area contributed by atoms with Gasteiger partial charge in [0.1, 0.15) is 0 Å². The molecule has 0 spiro atoms. The zero-order valence-electron chi connectivity index (χ0n) is 11.3. The number of thiophene rings is 1. The van der Waals surface area contributed by atoms with Gasteiger partial charge in [0.25, 0.3) is 0 Å². The molecule has 0 bridgehead atoms. The minimum Gasteiger partial charge on any atom is -0.351 e. The van der Waals surface area contributed by atoms with Crippen molar-refractivity contribution < 1.29 is 4.79 Å². The molecule has 0 radical (unpaired) electrons. The van der Waals surface area contributed by atoms with Crippen molar-refractivity contribution >= 4 is 17.2 Å². The van der Waals surface area contributed by atoms with Crippen molar-refractivity contribution in [2.45, 2.75) is 57.5 Å². The van der Waals surface area contributed by atoms with Crippen LogP contribution in [0.25, 0.3) is 0 Å². The second-order valence-electron chi connectivity index (χ2n) is 5.84. The summed E-state index contributed by atoms with van der Waals surface area (Å²) in [6.45, 7) is 0.707. The number of hydrogen-bond donors (Lipinski definition) is 2. The third-order valence-electron chi connectivity index (χ3n) is 4.38. The van der Waals surface area contributed by atoms with Gasteiger partial charge in [0, 0.05) is 21.7 Å². The van der Waals surface area contributed by atoms with E-state index in [1.54, 1.807) is 0 Å². The van der Waals surface area contributed by atoms with Crippen LogP contribution in [-0.2, 0) is 24.2 Å². The average molecular weight is 278 g/mol. The summed E-state index contributed by atoms with van der Waals surface area (Å²) in [4.78, 5) is 15.0. The summed E-state index contributed by atoms with van der Waals surface area (Å²) in [7, 11) is 0. The first-order valence-corrected chi connectivity index (χ1v) is 8.18. The third-order valence-corrected chi connectivity index (χ3v) is 5.61. The zero-order chi connectivity index (χ0) is 13.2. The smallest absolute Gasteiger partial charge is 0.223 e. The van der Waals surface area contributed by atoms with Crippen molar-refractivity contribution in [1.29, 1.82) is 0 Å². The van der Waals surface area contributed by atoms with E-state index in [9.17, 15) is 4.79 Å². The number of aryl methyl sites for hydroxylation is 2. The molecule has 0 aromatic carbocycles. The number of rotatable bonds is 3. The first-order valence-electron chi connectivity index (χ1n) is 7.36. The second kappa shape index (κ2) is 5.63. The van der Waals surface area contributed by atoms with Crippen molar-refractivity contribution in [3.05, 3.63) is 21.4 Å². The Kier molecular flexibility index (Phi) is 3.89. The number of amides is 1. The van der Waals surface area contributed by atoms with Gasteiger partial charge in [-0.2, -0.15) is 0 Å². The molecule has 4 heteroatoms. The summed E-state index contributed by atoms with van der Waals surface area (Å²) in [6, 6.07) is 2.59. The lowest BCUT2D eigenvalue weighted by molar-refractivity contribution is -0.126. The van der Waals surface area contributed by atoms with Crippen LogP contribution in [0.3, 0.4) is 0 Å². The van der Waals surface area contributed by atoms with E-state index in [1.165, 1.54) is 34.6 Å². The van der Waals surface area contributed by atoms with Gasteiger partial charge in [0.05, 0.1) is 6.54 Å². The Morgan fingerprint density at radius 3 is 2.84 bits per heavy atom. The molecule has 1 fully saturated rings. The Hall–Kier alpha value is -0.870. The van der Waals surface area contributed by atoms with Gasteiger partial charge in [-0.3, -0.25) is 4.79 Å². The van der Waals surface area contributed by atoms with Crippen molar-refractivity contribution in [3.8, 4) is 0 Å². The number of hydrogen-bond acceptors (Lipinski definition) is 3. The summed E-state index contributed by atoms with van der Waals surface area (Å²) >= 11 is 1.88. The maximum Gasteiger partial charge on any atom is 0.223 e. The molecular formula is C15H22N2OS. The first-order chi connectivity index (χ1) is 9.22. The molecule has 19 heavy (non-hydrogen) atoms. The molecule has 3 nitrogen and oxygen atoms in total. The van der Waals surface area contributed by atoms with Crippen LogP contribution < -0.4 is 11.1 Å². The minimum absolute atomic E-state index is 0.187. The van der Waals surface area contributed by atoms with Crippen LogP contribution in [0.4, 0.5) is 0 Å². The fraction of sp³-hybridized carbons (Fsp3) is 0.667. The van der Waals surface area contributed by atoms with E-state index >= 15 is 0 Å². The monoisotopic (exact) mass is 278 g/mol. The molecule has 1 aromatic heterocycles. The Morgan fingerprint density at radius 2 is 2.11 bits per heavy atom. The average Bonchev–Trinajstić information content (AvgIpc) is 2.97. The van der Waals surface area contributed by atoms with E-state index in [4.69, 9.17) is 5.73 Å². The van der Waals surface area contributed by atoms with Crippen LogP contribution in [-0.4, -0.2) is 11.9 Å². The fourth-order valence-corrected chi connectivity index (χ4v) is 4.38. The lowest BCUT2D eigenvalue weighted by Gasteiger charge is -2.25. The molecule has 3 N–H and O–H groups in total. The van der Waals surface area contributed by atoms with Crippen LogP contribution in [0, 0.1) is 5.92 Å². The summed E-state index contributed by atoms with van der Waals surface area (Å²) in [5.41, 5.74) is 7.39. The number of carbonyl (C=O) groups excluding carboxylic acids is 1. The summed E-state index contributed by atoms with van der Waals surface area (Å²) in [6.07, 6.45) is 7.64. The van der Waals surface area contributed by atoms with Crippen LogP contribution in [0.15, 0.2) is 6.07 Å². The quantitative estimate of drug-likeness (QED) is 0.892. The van der Waals surface area contributed by atoms with Gasteiger partial charge in [-0.05, 0) is 56.6 Å². The van der Waals surface area contributed by atoms with Crippen molar-refractivity contribution in [3.63, 3.8) is 0 Å². The molecule has 2 aliphatic carbocycles. The predicted octanol–water partition coefficient (Wildman–Crippen LogP) is 2.37. The summed E-state index contributed by atoms with van der Waals surface area (Å²) < 4.78 is 0. The number of fused-ring (bicyclic) bond motifs is 1. The number of nitrogens with one attached hydrogen (secondary N) is 1. The molecule has 1 aromatic rings. The molecule has 1 amide bonds. The molecule has 3 rings (SSSR count). The Labute approximate surface area is 118 Å². The van der Waals surface area contributed by atoms with E-state index in [2.05, 4.69) is 11.4 Å². The van der Waals surface area contributed by atoms with E-state index < -0.39 is 0 Å². The molecule has 0 aliphatic heterocycles. The van der Waals surface area contributed by atoms with Crippen LogP contribution in [0.2, 0.25) is 0 Å². The molecular weight excluding hydrogens is 256 g/mol. The van der Waals surface area contributed by atoms with Gasteiger partial charge in [-0.25, -0.2) is 0 Å². The highest BCUT2D eigenvalue weighted by atomic mass is 32.1. The summed E-state index contributed by atoms with van der Waals surface area (Å²) in [5.74, 6) is 0.409. The predicted molar refractivity (Wildman–Crippen MR) is 78.1 cm³/mol. The van der Waals surface area contributed by atoms with Crippen molar-refractivity contribution in [1.82, 2.24) is 5.32 Å². The highest BCUT2D eigenvalue weighted by Crippen LogP contribution is 2.30. The third kappa shape index (κ3) is 3.00. The van der Waals surface area contributed by atoms with Crippen molar-refractivity contribution in [2.75, 3.05) is 0 Å². The maximum atomic E-state index is 12.1. The largest absolute Gasteiger partial charge is 0.351 e. The van der Waals surface area contributed by atoms with Gasteiger partial charge in [0.15, 0.2) is 0 Å². The topological polar surface area (TPSA) is 55.1 Å². The molecule has 104 valence electrons. The molecule has 0 saturated heterocycles. The van der Waals surface area contributed by atoms with Gasteiger partial charge in [0.2, 0.25) is 5.91 Å². The fourth-order valence-electron chi connectivity index (χ4n) is 3.18. The highest BCUT2D eigenvalue weighted by Gasteiger charge is 2.24. The molecule has 1 heterocycles. The molecule has 1 saturated carbocycles. The first kappa shape index (κ1) is 13.1. The van der Waals surface area contributed by atoms with Crippen LogP contribution in [0.1, 0.15) is 47.4 Å². The summed E-state index contributed by atoms with van der Waals surface area (Å²) in [5, 5.41) is 3.10. The Balaban J connectivity index is 1.50. The van der Waals surface area contributed by atoms with Gasteiger partial charge >= 0.3 is 0 Å². The van der Waals surface area contributed by atoms with Gasteiger partial charge < -0.3 is 11.1 Å². The van der Waals surface area contributed by atoms with Gasteiger partial charge in [-0.15, -0.1) is 11.3 Å². The zero-order valence-corrected chi connectivity index (χ0v) is 12.1. The molecule has 0 unspecified atom stereocenters. The normalized spacial score (nSPS) is 26.2. The maximum absolute atomic E-state index is 12.1.